The lowest BCUT2D eigenvalue weighted by molar-refractivity contribution is -0.302. The number of hydrogen-bond acceptors (Lipinski definition) is 12. The summed E-state index contributed by atoms with van der Waals surface area (Å²) in [4.78, 5) is 71.7. The van der Waals surface area contributed by atoms with Gasteiger partial charge in [0.15, 0.2) is 5.78 Å². The van der Waals surface area contributed by atoms with Crippen molar-refractivity contribution in [1.29, 1.82) is 0 Å². The van der Waals surface area contributed by atoms with Crippen LogP contribution in [0, 0.1) is 29.6 Å². The predicted molar refractivity (Wildman–Crippen MR) is 212 cm³/mol. The van der Waals surface area contributed by atoms with E-state index in [2.05, 4.69) is 6.58 Å². The molecule has 4 rings (SSSR count). The molecule has 2 saturated heterocycles. The number of Topliss-reactive ketones (excluding diaryl/α,β-unsaturated/α-hetero) is 3. The molecule has 2 bridgehead atoms. The molecule has 2 N–H and O–H groups in total. The number of aliphatic hydroxyl groups excluding tert-OH is 1. The Morgan fingerprint density at radius 3 is 2.25 bits per heavy atom. The fourth-order valence-electron chi connectivity index (χ4n) is 9.31. The van der Waals surface area contributed by atoms with Crippen LogP contribution in [0.5, 0.6) is 0 Å². The summed E-state index contributed by atoms with van der Waals surface area (Å²) in [6.45, 7) is 13.0. The number of nitrogens with zero attached hydrogens (tertiary/aromatic N) is 1. The van der Waals surface area contributed by atoms with E-state index in [-0.39, 0.29) is 55.4 Å². The molecule has 13 nitrogen and oxygen atoms in total. The van der Waals surface area contributed by atoms with Gasteiger partial charge in [-0.25, -0.2) is 4.79 Å². The van der Waals surface area contributed by atoms with E-state index in [0.717, 1.165) is 4.90 Å². The minimum Gasteiger partial charge on any atom is -0.456 e. The fourth-order valence-corrected chi connectivity index (χ4v) is 9.31. The summed E-state index contributed by atoms with van der Waals surface area (Å²) in [6, 6.07) is -1.17. The van der Waals surface area contributed by atoms with Crippen molar-refractivity contribution in [2.75, 3.05) is 27.9 Å². The molecule has 3 aliphatic heterocycles. The number of rotatable bonds is 7. The number of cyclic esters (lactones) is 1. The summed E-state index contributed by atoms with van der Waals surface area (Å²) < 4.78 is 29.7. The zero-order valence-corrected chi connectivity index (χ0v) is 35.3. The molecule has 57 heavy (non-hydrogen) atoms. The highest BCUT2D eigenvalue weighted by atomic mass is 16.7. The molecule has 1 aliphatic carbocycles. The van der Waals surface area contributed by atoms with Gasteiger partial charge >= 0.3 is 5.97 Å². The Balaban J connectivity index is 1.78. The first kappa shape index (κ1) is 46.6. The van der Waals surface area contributed by atoms with Gasteiger partial charge in [-0.2, -0.15) is 0 Å². The Morgan fingerprint density at radius 2 is 1.60 bits per heavy atom. The Bertz CT molecular complexity index is 1520. The molecule has 0 radical (unpaired) electrons. The molecule has 13 heteroatoms. The minimum absolute atomic E-state index is 0.0160. The molecule has 0 aromatic carbocycles. The maximum absolute atomic E-state index is 14.3. The van der Waals surface area contributed by atoms with Gasteiger partial charge in [-0.1, -0.05) is 45.9 Å². The van der Waals surface area contributed by atoms with Crippen LogP contribution in [-0.4, -0.2) is 121 Å². The topological polar surface area (TPSA) is 175 Å². The summed E-state index contributed by atoms with van der Waals surface area (Å²) >= 11 is 0. The van der Waals surface area contributed by atoms with Gasteiger partial charge in [0.2, 0.25) is 5.79 Å². The van der Waals surface area contributed by atoms with Crippen molar-refractivity contribution >= 4 is 29.2 Å². The second-order valence-electron chi connectivity index (χ2n) is 17.1. The van der Waals surface area contributed by atoms with E-state index in [1.165, 1.54) is 14.2 Å². The molecule has 3 fully saturated rings. The van der Waals surface area contributed by atoms with Crippen molar-refractivity contribution in [3.05, 3.63) is 36.0 Å². The van der Waals surface area contributed by atoms with Crippen LogP contribution in [0.1, 0.15) is 105 Å². The summed E-state index contributed by atoms with van der Waals surface area (Å²) in [5, 5.41) is 22.4. The summed E-state index contributed by atoms with van der Waals surface area (Å²) in [7, 11) is 4.59. The number of ketones is 3. The van der Waals surface area contributed by atoms with Gasteiger partial charge in [0, 0.05) is 33.8 Å². The molecule has 0 aromatic rings. The number of carbonyl (C=O) groups excluding carboxylic acids is 5. The number of hydrogen-bond donors (Lipinski definition) is 2. The van der Waals surface area contributed by atoms with Gasteiger partial charge in [-0.15, -0.1) is 6.58 Å². The van der Waals surface area contributed by atoms with Crippen molar-refractivity contribution in [1.82, 2.24) is 4.90 Å². The first-order valence-electron chi connectivity index (χ1n) is 20.8. The van der Waals surface area contributed by atoms with Crippen molar-refractivity contribution in [3.63, 3.8) is 0 Å². The van der Waals surface area contributed by atoms with Crippen molar-refractivity contribution in [3.8, 4) is 0 Å². The maximum Gasteiger partial charge on any atom is 0.329 e. The third-order valence-electron chi connectivity index (χ3n) is 12.7. The maximum atomic E-state index is 14.3. The summed E-state index contributed by atoms with van der Waals surface area (Å²) in [6.07, 6.45) is 5.42. The molecule has 320 valence electrons. The van der Waals surface area contributed by atoms with E-state index in [1.54, 1.807) is 34.0 Å². The Morgan fingerprint density at radius 1 is 0.930 bits per heavy atom. The van der Waals surface area contributed by atoms with Crippen LogP contribution >= 0.6 is 0 Å². The van der Waals surface area contributed by atoms with Gasteiger partial charge in [0.25, 0.3) is 11.7 Å². The van der Waals surface area contributed by atoms with Crippen LogP contribution in [0.4, 0.5) is 0 Å². The van der Waals surface area contributed by atoms with E-state index in [0.29, 0.717) is 56.1 Å². The number of esters is 1. The van der Waals surface area contributed by atoms with E-state index in [1.807, 2.05) is 26.0 Å². The van der Waals surface area contributed by atoms with Crippen molar-refractivity contribution in [2.24, 2.45) is 29.6 Å². The second-order valence-corrected chi connectivity index (χ2v) is 17.1. The molecule has 1 saturated carbocycles. The van der Waals surface area contributed by atoms with Crippen molar-refractivity contribution in [2.45, 2.75) is 154 Å². The van der Waals surface area contributed by atoms with Gasteiger partial charge in [-0.3, -0.25) is 19.2 Å². The van der Waals surface area contributed by atoms with Crippen LogP contribution in [0.25, 0.3) is 0 Å². The van der Waals surface area contributed by atoms with Crippen LogP contribution < -0.4 is 0 Å². The number of piperidine rings is 1. The highest BCUT2D eigenvalue weighted by Gasteiger charge is 2.56. The van der Waals surface area contributed by atoms with E-state index in [9.17, 15) is 34.2 Å². The van der Waals surface area contributed by atoms with E-state index in [4.69, 9.17) is 23.7 Å². The molecule has 13 unspecified atom stereocenters. The third-order valence-corrected chi connectivity index (χ3v) is 12.7. The number of ether oxygens (including phenoxy) is 5. The molecule has 4 aliphatic rings. The molecule has 3 heterocycles. The molecule has 0 aromatic heterocycles. The Hall–Kier alpha value is -3.07. The van der Waals surface area contributed by atoms with Crippen LogP contribution in [-0.2, 0) is 47.7 Å². The lowest BCUT2D eigenvalue weighted by atomic mass is 9.81. The van der Waals surface area contributed by atoms with E-state index >= 15 is 0 Å². The van der Waals surface area contributed by atoms with Crippen LogP contribution in [0.15, 0.2) is 36.0 Å². The zero-order chi connectivity index (χ0) is 42.2. The quantitative estimate of drug-likeness (QED) is 0.155. The van der Waals surface area contributed by atoms with E-state index < -0.39 is 84.0 Å². The van der Waals surface area contributed by atoms with Gasteiger partial charge in [0.05, 0.1) is 36.8 Å². The molecule has 0 spiro atoms. The standard InChI is InChI=1S/C44H67NO12/c1-10-13-31-19-25(2)18-26(3)20-37(54-8)40-38(55-9)22-28(5)44(52,57-40)41(49)42(50)45-17-12-11-14-32(45)43(51)56-39(29(6)34(47)24-35(31)48)27(4)21-30-15-16-33(46)36(23-30)53-7/h10,19,21,25-26,28-30,32-33,36-40,46,52H,1,11-18,20,22-24H2,2-9H3/b27-21?,31-19+. The Labute approximate surface area is 338 Å². The van der Waals surface area contributed by atoms with Crippen LogP contribution in [0.3, 0.4) is 0 Å². The molecule has 1 amide bonds. The number of methoxy groups -OCH3 is 3. The average Bonchev–Trinajstić information content (AvgIpc) is 3.18. The SMILES string of the molecule is C=CC/C1=C\C(C)CC(C)CC(OC)C2OC(O)(C(=O)C(=O)N3CCCCC3C(=O)OC(C(C)=CC3CCC(O)C(OC)C3)C(C)C(=O)CC1=O)C(C)CC2OC. The minimum atomic E-state index is -2.52. The first-order chi connectivity index (χ1) is 27.0. The number of allylic oxidation sites excluding steroid dienone is 4. The lowest BCUT2D eigenvalue weighted by Crippen LogP contribution is -2.64. The summed E-state index contributed by atoms with van der Waals surface area (Å²) in [5.74, 6) is -8.20. The molecular formula is C44H67NO12. The fraction of sp³-hybridized carbons (Fsp3) is 0.750. The molecular weight excluding hydrogens is 734 g/mol. The summed E-state index contributed by atoms with van der Waals surface area (Å²) in [5.41, 5.74) is 1.06. The van der Waals surface area contributed by atoms with Crippen LogP contribution in [0.2, 0.25) is 0 Å². The number of carbonyl (C=O) groups is 5. The number of fused-ring (bicyclic) bond motifs is 3. The number of aliphatic hydroxyl groups is 2. The normalized spacial score (nSPS) is 39.7. The zero-order valence-electron chi connectivity index (χ0n) is 35.3. The third kappa shape index (κ3) is 11.2. The average molecular weight is 802 g/mol. The highest BCUT2D eigenvalue weighted by molar-refractivity contribution is 6.39. The van der Waals surface area contributed by atoms with Gasteiger partial charge in [0.1, 0.15) is 24.0 Å². The first-order valence-corrected chi connectivity index (χ1v) is 20.8. The Kier molecular flexibility index (Phi) is 17.0. The number of amides is 1. The highest BCUT2D eigenvalue weighted by Crippen LogP contribution is 2.39. The largest absolute Gasteiger partial charge is 0.456 e. The van der Waals surface area contributed by atoms with Gasteiger partial charge < -0.3 is 38.8 Å². The smallest absolute Gasteiger partial charge is 0.329 e. The lowest BCUT2D eigenvalue weighted by Gasteiger charge is -2.47. The van der Waals surface area contributed by atoms with Gasteiger partial charge in [-0.05, 0) is 100 Å². The second kappa shape index (κ2) is 20.8. The molecule has 13 atom stereocenters. The van der Waals surface area contributed by atoms with Crippen molar-refractivity contribution < 1.29 is 57.9 Å². The predicted octanol–water partition coefficient (Wildman–Crippen LogP) is 4.85. The monoisotopic (exact) mass is 801 g/mol.